The number of nitrogens with two attached hydrogens (primary N) is 1. The van der Waals surface area contributed by atoms with Gasteiger partial charge in [-0.25, -0.2) is 4.39 Å². The van der Waals surface area contributed by atoms with E-state index in [1.165, 1.54) is 12.1 Å². The summed E-state index contributed by atoms with van der Waals surface area (Å²) in [5.41, 5.74) is 8.38. The number of carbonyl (C=O) groups is 1. The zero-order chi connectivity index (χ0) is 14.4. The van der Waals surface area contributed by atoms with Gasteiger partial charge in [-0.1, -0.05) is 30.3 Å². The van der Waals surface area contributed by atoms with Crippen LogP contribution in [0.15, 0.2) is 48.5 Å². The first-order valence-electron chi connectivity index (χ1n) is 6.49. The molecule has 0 saturated carbocycles. The summed E-state index contributed by atoms with van der Waals surface area (Å²) in [4.78, 5) is 11.7. The van der Waals surface area contributed by atoms with Crippen molar-refractivity contribution < 1.29 is 9.18 Å². The summed E-state index contributed by atoms with van der Waals surface area (Å²) < 4.78 is 12.7. The molecule has 2 rings (SSSR count). The summed E-state index contributed by atoms with van der Waals surface area (Å²) in [6.07, 6.45) is 0.997. The number of halogens is 1. The molecule has 0 aliphatic heterocycles. The number of anilines is 1. The van der Waals surface area contributed by atoms with Crippen LogP contribution in [-0.4, -0.2) is 5.91 Å². The third-order valence-corrected chi connectivity index (χ3v) is 3.08. The van der Waals surface area contributed by atoms with E-state index in [9.17, 15) is 9.18 Å². The highest BCUT2D eigenvalue weighted by Gasteiger charge is 2.04. The molecule has 0 atom stereocenters. The van der Waals surface area contributed by atoms with Crippen LogP contribution >= 0.6 is 0 Å². The number of hydrogen-bond donors (Lipinski definition) is 2. The Balaban J connectivity index is 1.78. The lowest BCUT2D eigenvalue weighted by Crippen LogP contribution is -2.23. The molecule has 0 heterocycles. The zero-order valence-electron chi connectivity index (χ0n) is 11.1. The smallest absolute Gasteiger partial charge is 0.220 e. The van der Waals surface area contributed by atoms with Crippen molar-refractivity contribution in [3.63, 3.8) is 0 Å². The Labute approximate surface area is 117 Å². The lowest BCUT2D eigenvalue weighted by atomic mass is 10.1. The number of aryl methyl sites for hydroxylation is 1. The van der Waals surface area contributed by atoms with Gasteiger partial charge >= 0.3 is 0 Å². The monoisotopic (exact) mass is 272 g/mol. The van der Waals surface area contributed by atoms with Gasteiger partial charge in [0.2, 0.25) is 5.91 Å². The summed E-state index contributed by atoms with van der Waals surface area (Å²) in [5.74, 6) is -0.322. The van der Waals surface area contributed by atoms with Gasteiger partial charge in [-0.3, -0.25) is 4.79 Å². The molecular formula is C16H17FN2O. The van der Waals surface area contributed by atoms with Gasteiger partial charge in [0.1, 0.15) is 5.82 Å². The van der Waals surface area contributed by atoms with E-state index in [1.54, 1.807) is 12.1 Å². The lowest BCUT2D eigenvalue weighted by molar-refractivity contribution is -0.121. The van der Waals surface area contributed by atoms with Crippen molar-refractivity contribution in [3.05, 3.63) is 65.5 Å². The van der Waals surface area contributed by atoms with E-state index in [4.69, 9.17) is 5.73 Å². The maximum atomic E-state index is 12.7. The fourth-order valence-corrected chi connectivity index (χ4v) is 1.90. The van der Waals surface area contributed by atoms with E-state index in [-0.39, 0.29) is 11.7 Å². The van der Waals surface area contributed by atoms with E-state index in [1.807, 2.05) is 24.3 Å². The minimum atomic E-state index is -0.278. The normalized spacial score (nSPS) is 10.2. The van der Waals surface area contributed by atoms with Gasteiger partial charge in [-0.05, 0) is 35.7 Å². The van der Waals surface area contributed by atoms with Crippen LogP contribution in [-0.2, 0) is 17.8 Å². The topological polar surface area (TPSA) is 55.1 Å². The van der Waals surface area contributed by atoms with Gasteiger partial charge in [0.15, 0.2) is 0 Å². The molecule has 2 aromatic rings. The van der Waals surface area contributed by atoms with Crippen molar-refractivity contribution in [1.29, 1.82) is 0 Å². The average molecular weight is 272 g/mol. The molecule has 0 fully saturated rings. The third-order valence-electron chi connectivity index (χ3n) is 3.08. The first-order chi connectivity index (χ1) is 9.65. The molecule has 4 heteroatoms. The molecule has 0 aliphatic rings. The van der Waals surface area contributed by atoms with Crippen LogP contribution in [0.1, 0.15) is 17.5 Å². The van der Waals surface area contributed by atoms with Gasteiger partial charge in [0, 0.05) is 18.7 Å². The zero-order valence-corrected chi connectivity index (χ0v) is 11.1. The molecule has 0 spiro atoms. The minimum absolute atomic E-state index is 0.0439. The standard InChI is InChI=1S/C16H17FN2O/c17-14-8-5-12(6-9-14)11-19-16(20)10-7-13-3-1-2-4-15(13)18/h1-6,8-9H,7,10-11,18H2,(H,19,20). The van der Waals surface area contributed by atoms with Crippen LogP contribution in [0.3, 0.4) is 0 Å². The van der Waals surface area contributed by atoms with Crippen LogP contribution in [0.25, 0.3) is 0 Å². The Kier molecular flexibility index (Phi) is 4.71. The van der Waals surface area contributed by atoms with E-state index in [2.05, 4.69) is 5.32 Å². The summed E-state index contributed by atoms with van der Waals surface area (Å²) in [6.45, 7) is 0.406. The summed E-state index contributed by atoms with van der Waals surface area (Å²) in [6, 6.07) is 13.6. The van der Waals surface area contributed by atoms with Crippen LogP contribution in [0, 0.1) is 5.82 Å². The Morgan fingerprint density at radius 2 is 1.80 bits per heavy atom. The van der Waals surface area contributed by atoms with Crippen molar-refractivity contribution in [3.8, 4) is 0 Å². The second-order valence-electron chi connectivity index (χ2n) is 4.60. The molecule has 0 saturated heterocycles. The van der Waals surface area contributed by atoms with Gasteiger partial charge < -0.3 is 11.1 Å². The molecule has 0 aliphatic carbocycles. The number of nitrogen functional groups attached to an aromatic ring is 1. The second kappa shape index (κ2) is 6.70. The van der Waals surface area contributed by atoms with Crippen molar-refractivity contribution >= 4 is 11.6 Å². The van der Waals surface area contributed by atoms with E-state index in [0.717, 1.165) is 11.1 Å². The van der Waals surface area contributed by atoms with Crippen molar-refractivity contribution in [1.82, 2.24) is 5.32 Å². The fraction of sp³-hybridized carbons (Fsp3) is 0.188. The lowest BCUT2D eigenvalue weighted by Gasteiger charge is -2.07. The van der Waals surface area contributed by atoms with Gasteiger partial charge in [-0.2, -0.15) is 0 Å². The number of rotatable bonds is 5. The maximum Gasteiger partial charge on any atom is 0.220 e. The van der Waals surface area contributed by atoms with Crippen molar-refractivity contribution in [2.75, 3.05) is 5.73 Å². The largest absolute Gasteiger partial charge is 0.399 e. The maximum absolute atomic E-state index is 12.7. The van der Waals surface area contributed by atoms with Crippen LogP contribution in [0.4, 0.5) is 10.1 Å². The highest BCUT2D eigenvalue weighted by atomic mass is 19.1. The first kappa shape index (κ1) is 14.1. The van der Waals surface area contributed by atoms with Crippen molar-refractivity contribution in [2.45, 2.75) is 19.4 Å². The fourth-order valence-electron chi connectivity index (χ4n) is 1.90. The number of carbonyl (C=O) groups excluding carboxylic acids is 1. The van der Waals surface area contributed by atoms with Crippen LogP contribution < -0.4 is 11.1 Å². The predicted octanol–water partition coefficient (Wildman–Crippen LogP) is 2.66. The number of amides is 1. The van der Waals surface area contributed by atoms with Crippen LogP contribution in [0.5, 0.6) is 0 Å². The summed E-state index contributed by atoms with van der Waals surface area (Å²) in [5, 5.41) is 2.81. The highest BCUT2D eigenvalue weighted by molar-refractivity contribution is 5.76. The molecule has 3 nitrogen and oxygen atoms in total. The van der Waals surface area contributed by atoms with Crippen molar-refractivity contribution in [2.24, 2.45) is 0 Å². The first-order valence-corrected chi connectivity index (χ1v) is 6.49. The molecular weight excluding hydrogens is 255 g/mol. The Morgan fingerprint density at radius 3 is 2.50 bits per heavy atom. The number of nitrogens with one attached hydrogen (secondary N) is 1. The van der Waals surface area contributed by atoms with Gasteiger partial charge in [0.25, 0.3) is 0 Å². The van der Waals surface area contributed by atoms with Crippen LogP contribution in [0.2, 0.25) is 0 Å². The number of para-hydroxylation sites is 1. The molecule has 104 valence electrons. The highest BCUT2D eigenvalue weighted by Crippen LogP contribution is 2.12. The molecule has 2 aromatic carbocycles. The predicted molar refractivity (Wildman–Crippen MR) is 77.4 cm³/mol. The number of hydrogen-bond acceptors (Lipinski definition) is 2. The molecule has 20 heavy (non-hydrogen) atoms. The Morgan fingerprint density at radius 1 is 1.10 bits per heavy atom. The summed E-state index contributed by atoms with van der Waals surface area (Å²) >= 11 is 0. The van der Waals surface area contributed by atoms with Gasteiger partial charge in [-0.15, -0.1) is 0 Å². The molecule has 1 amide bonds. The molecule has 0 bridgehead atoms. The van der Waals surface area contributed by atoms with Gasteiger partial charge in [0.05, 0.1) is 0 Å². The molecule has 3 N–H and O–H groups in total. The quantitative estimate of drug-likeness (QED) is 0.822. The third kappa shape index (κ3) is 4.09. The Hall–Kier alpha value is -2.36. The van der Waals surface area contributed by atoms with E-state index in [0.29, 0.717) is 25.1 Å². The van der Waals surface area contributed by atoms with E-state index < -0.39 is 0 Å². The average Bonchev–Trinajstić information content (AvgIpc) is 2.46. The number of benzene rings is 2. The molecule has 0 aromatic heterocycles. The second-order valence-corrected chi connectivity index (χ2v) is 4.60. The Bertz CT molecular complexity index is 581. The minimum Gasteiger partial charge on any atom is -0.399 e. The SMILES string of the molecule is Nc1ccccc1CCC(=O)NCc1ccc(F)cc1. The molecule has 0 unspecified atom stereocenters. The van der Waals surface area contributed by atoms with E-state index >= 15 is 0 Å². The summed E-state index contributed by atoms with van der Waals surface area (Å²) in [7, 11) is 0. The molecule has 0 radical (unpaired) electrons.